The summed E-state index contributed by atoms with van der Waals surface area (Å²) in [4.78, 5) is 0. The molecule has 2 nitrogen and oxygen atoms in total. The van der Waals surface area contributed by atoms with Gasteiger partial charge in [-0.25, -0.2) is 0 Å². The van der Waals surface area contributed by atoms with Crippen LogP contribution in [0, 0.1) is 27.7 Å². The van der Waals surface area contributed by atoms with Gasteiger partial charge in [-0.3, -0.25) is 0 Å². The van der Waals surface area contributed by atoms with Crippen LogP contribution in [0.2, 0.25) is 0 Å². The molecular formula is C29H37O2P. The van der Waals surface area contributed by atoms with E-state index < -0.39 is 7.92 Å². The molecule has 0 N–H and O–H groups in total. The van der Waals surface area contributed by atoms with Gasteiger partial charge in [-0.15, -0.1) is 0 Å². The Morgan fingerprint density at radius 2 is 1.19 bits per heavy atom. The first-order chi connectivity index (χ1) is 15.3. The Morgan fingerprint density at radius 1 is 0.750 bits per heavy atom. The second-order valence-electron chi connectivity index (χ2n) is 9.46. The van der Waals surface area contributed by atoms with Crippen LogP contribution in [0.1, 0.15) is 61.8 Å². The van der Waals surface area contributed by atoms with Crippen molar-refractivity contribution in [3.05, 3.63) is 68.8 Å². The summed E-state index contributed by atoms with van der Waals surface area (Å²) < 4.78 is 11.4. The first-order valence-electron chi connectivity index (χ1n) is 11.8. The minimum Gasteiger partial charge on any atom is -0.496 e. The minimum absolute atomic E-state index is 0.535. The Labute approximate surface area is 195 Å². The smallest absolute Gasteiger partial charge is 0.124 e. The van der Waals surface area contributed by atoms with Crippen LogP contribution in [0.3, 0.4) is 0 Å². The van der Waals surface area contributed by atoms with Crippen molar-refractivity contribution in [2.24, 2.45) is 0 Å². The molecule has 170 valence electrons. The number of methoxy groups -OCH3 is 2. The van der Waals surface area contributed by atoms with E-state index in [-0.39, 0.29) is 0 Å². The largest absolute Gasteiger partial charge is 0.496 e. The van der Waals surface area contributed by atoms with Crippen molar-refractivity contribution in [1.29, 1.82) is 0 Å². The number of hydrogen-bond donors (Lipinski definition) is 0. The molecule has 1 atom stereocenters. The summed E-state index contributed by atoms with van der Waals surface area (Å²) in [6, 6.07) is 9.57. The SMILES string of the molecule is CCC1=C2CCC(=C(C)C1)[C@@H]2P(c1cc(C)c(OC)c(C)c1)c1cc(C)c(OC)c(C)c1. The summed E-state index contributed by atoms with van der Waals surface area (Å²) in [7, 11) is 2.99. The molecule has 0 unspecified atom stereocenters. The Morgan fingerprint density at radius 3 is 1.59 bits per heavy atom. The van der Waals surface area contributed by atoms with Crippen molar-refractivity contribution in [1.82, 2.24) is 0 Å². The van der Waals surface area contributed by atoms with Gasteiger partial charge < -0.3 is 9.47 Å². The third-order valence-electron chi connectivity index (χ3n) is 7.34. The van der Waals surface area contributed by atoms with Crippen molar-refractivity contribution in [2.75, 3.05) is 14.2 Å². The number of benzene rings is 2. The van der Waals surface area contributed by atoms with E-state index in [9.17, 15) is 0 Å². The molecular weight excluding hydrogens is 411 g/mol. The van der Waals surface area contributed by atoms with Crippen LogP contribution in [0.5, 0.6) is 11.5 Å². The quantitative estimate of drug-likeness (QED) is 0.351. The van der Waals surface area contributed by atoms with E-state index >= 15 is 0 Å². The fraction of sp³-hybridized carbons (Fsp3) is 0.448. The number of allylic oxidation sites excluding steroid dienone is 4. The monoisotopic (exact) mass is 448 g/mol. The topological polar surface area (TPSA) is 18.5 Å². The second kappa shape index (κ2) is 9.06. The summed E-state index contributed by atoms with van der Waals surface area (Å²) >= 11 is 0. The summed E-state index contributed by atoms with van der Waals surface area (Å²) in [5.74, 6) is 2.03. The number of hydrogen-bond acceptors (Lipinski definition) is 2. The lowest BCUT2D eigenvalue weighted by atomic mass is 9.90. The lowest BCUT2D eigenvalue weighted by molar-refractivity contribution is 0.408. The predicted octanol–water partition coefficient (Wildman–Crippen LogP) is 6.96. The first-order valence-corrected chi connectivity index (χ1v) is 13.2. The van der Waals surface area contributed by atoms with Gasteiger partial charge in [-0.05, 0) is 125 Å². The number of fused-ring (bicyclic) bond motifs is 2. The Bertz CT molecular complexity index is 1020. The van der Waals surface area contributed by atoms with E-state index in [0.29, 0.717) is 5.66 Å². The zero-order chi connectivity index (χ0) is 23.2. The van der Waals surface area contributed by atoms with E-state index in [1.807, 2.05) is 0 Å². The van der Waals surface area contributed by atoms with E-state index in [0.717, 1.165) is 11.5 Å². The van der Waals surface area contributed by atoms with E-state index in [4.69, 9.17) is 9.47 Å². The van der Waals surface area contributed by atoms with Crippen LogP contribution < -0.4 is 20.1 Å². The molecule has 1 fully saturated rings. The summed E-state index contributed by atoms with van der Waals surface area (Å²) in [6.07, 6.45) is 4.82. The maximum absolute atomic E-state index is 5.71. The minimum atomic E-state index is -0.571. The highest BCUT2D eigenvalue weighted by Crippen LogP contribution is 2.57. The molecule has 0 heterocycles. The molecule has 0 spiro atoms. The normalized spacial score (nSPS) is 18.1. The Kier molecular flexibility index (Phi) is 6.55. The van der Waals surface area contributed by atoms with Gasteiger partial charge in [0.25, 0.3) is 0 Å². The average Bonchev–Trinajstić information content (AvgIpc) is 3.08. The molecule has 0 saturated heterocycles. The van der Waals surface area contributed by atoms with Crippen molar-refractivity contribution in [2.45, 2.75) is 72.9 Å². The van der Waals surface area contributed by atoms with E-state index in [1.54, 1.807) is 36.5 Å². The molecule has 2 aliphatic carbocycles. The molecule has 32 heavy (non-hydrogen) atoms. The molecule has 0 radical (unpaired) electrons. The maximum Gasteiger partial charge on any atom is 0.124 e. The average molecular weight is 449 g/mol. The van der Waals surface area contributed by atoms with Gasteiger partial charge in [0.05, 0.1) is 14.2 Å². The second-order valence-corrected chi connectivity index (χ2v) is 11.8. The molecule has 3 heteroatoms. The van der Waals surface area contributed by atoms with Gasteiger partial charge in [0.15, 0.2) is 0 Å². The summed E-state index contributed by atoms with van der Waals surface area (Å²) in [6.45, 7) is 13.5. The van der Waals surface area contributed by atoms with E-state index in [1.165, 1.54) is 58.5 Å². The van der Waals surface area contributed by atoms with Crippen molar-refractivity contribution < 1.29 is 9.47 Å². The molecule has 0 aromatic heterocycles. The molecule has 2 aliphatic rings. The third kappa shape index (κ3) is 3.81. The third-order valence-corrected chi connectivity index (χ3v) is 10.1. The summed E-state index contributed by atoms with van der Waals surface area (Å²) in [5, 5.41) is 2.93. The molecule has 2 aromatic rings. The molecule has 2 aromatic carbocycles. The Hall–Kier alpha value is -2.05. The maximum atomic E-state index is 5.71. The number of ether oxygens (including phenoxy) is 2. The summed E-state index contributed by atoms with van der Waals surface area (Å²) in [5.41, 5.74) is 12.2. The molecule has 4 rings (SSSR count). The van der Waals surface area contributed by atoms with Gasteiger partial charge in [-0.2, -0.15) is 0 Å². The van der Waals surface area contributed by atoms with E-state index in [2.05, 4.69) is 65.8 Å². The van der Waals surface area contributed by atoms with Crippen LogP contribution >= 0.6 is 7.92 Å². The highest BCUT2D eigenvalue weighted by Gasteiger charge is 2.40. The van der Waals surface area contributed by atoms with Crippen LogP contribution in [0.25, 0.3) is 0 Å². The molecule has 0 aliphatic heterocycles. The van der Waals surface area contributed by atoms with Crippen LogP contribution in [-0.2, 0) is 0 Å². The molecule has 0 amide bonds. The zero-order valence-electron chi connectivity index (χ0n) is 21.0. The van der Waals surface area contributed by atoms with Gasteiger partial charge in [-0.1, -0.05) is 29.2 Å². The highest BCUT2D eigenvalue weighted by atomic mass is 31.1. The molecule has 2 bridgehead atoms. The lowest BCUT2D eigenvalue weighted by Crippen LogP contribution is -2.26. The highest BCUT2D eigenvalue weighted by molar-refractivity contribution is 7.74. The van der Waals surface area contributed by atoms with Crippen LogP contribution in [-0.4, -0.2) is 19.9 Å². The fourth-order valence-electron chi connectivity index (χ4n) is 6.01. The molecule has 1 saturated carbocycles. The van der Waals surface area contributed by atoms with Crippen LogP contribution in [0.15, 0.2) is 46.6 Å². The van der Waals surface area contributed by atoms with Crippen molar-refractivity contribution in [3.63, 3.8) is 0 Å². The fourth-order valence-corrected chi connectivity index (χ4v) is 9.51. The standard InChI is InChI=1S/C29H37O2P/c1-9-22-12-17(2)25-10-11-26(22)29(25)32(23-13-18(3)27(30-7)19(4)14-23)24-15-20(5)28(31-8)21(6)16-24/h13-16,29H,9-12H2,1-8H3/t29-/m0/s1. The van der Waals surface area contributed by atoms with Gasteiger partial charge in [0, 0.05) is 5.66 Å². The lowest BCUT2D eigenvalue weighted by Gasteiger charge is -2.34. The van der Waals surface area contributed by atoms with Crippen LogP contribution in [0.4, 0.5) is 0 Å². The number of rotatable bonds is 6. The zero-order valence-corrected chi connectivity index (χ0v) is 21.9. The van der Waals surface area contributed by atoms with Gasteiger partial charge >= 0.3 is 0 Å². The van der Waals surface area contributed by atoms with Gasteiger partial charge in [0.1, 0.15) is 11.5 Å². The Balaban J connectivity index is 1.97. The van der Waals surface area contributed by atoms with Crippen molar-refractivity contribution in [3.8, 4) is 11.5 Å². The number of aryl methyl sites for hydroxylation is 4. The van der Waals surface area contributed by atoms with Gasteiger partial charge in [0.2, 0.25) is 0 Å². The van der Waals surface area contributed by atoms with Crippen molar-refractivity contribution >= 4 is 18.5 Å². The first kappa shape index (κ1) is 23.1. The predicted molar refractivity (Wildman–Crippen MR) is 139 cm³/mol.